The van der Waals surface area contributed by atoms with E-state index in [-0.39, 0.29) is 12.3 Å². The van der Waals surface area contributed by atoms with Crippen molar-refractivity contribution in [2.24, 2.45) is 5.73 Å². The van der Waals surface area contributed by atoms with Crippen LogP contribution >= 0.6 is 0 Å². The van der Waals surface area contributed by atoms with E-state index in [4.69, 9.17) is 5.73 Å². The molecule has 2 aromatic rings. The van der Waals surface area contributed by atoms with Gasteiger partial charge in [0.1, 0.15) is 0 Å². The summed E-state index contributed by atoms with van der Waals surface area (Å²) >= 11 is 0. The molecule has 4 nitrogen and oxygen atoms in total. The van der Waals surface area contributed by atoms with Gasteiger partial charge in [0.05, 0.1) is 11.2 Å². The molecule has 0 bridgehead atoms. The lowest BCUT2D eigenvalue weighted by atomic mass is 10.0. The second-order valence-corrected chi connectivity index (χ2v) is 5.09. The molecule has 18 heavy (non-hydrogen) atoms. The fraction of sp³-hybridized carbons (Fsp3) is 0.286. The quantitative estimate of drug-likeness (QED) is 0.869. The summed E-state index contributed by atoms with van der Waals surface area (Å²) in [6.45, 7) is 3.65. The highest BCUT2D eigenvalue weighted by Crippen LogP contribution is 2.21. The van der Waals surface area contributed by atoms with Crippen LogP contribution in [0.1, 0.15) is 20.3 Å². The van der Waals surface area contributed by atoms with Crippen molar-refractivity contribution in [3.8, 4) is 0 Å². The van der Waals surface area contributed by atoms with Gasteiger partial charge in [0, 0.05) is 23.5 Å². The summed E-state index contributed by atoms with van der Waals surface area (Å²) in [4.78, 5) is 16.1. The van der Waals surface area contributed by atoms with Crippen molar-refractivity contribution in [1.29, 1.82) is 0 Å². The summed E-state index contributed by atoms with van der Waals surface area (Å²) in [6.07, 6.45) is 1.99. The fourth-order valence-electron chi connectivity index (χ4n) is 1.81. The van der Waals surface area contributed by atoms with E-state index in [9.17, 15) is 4.79 Å². The molecule has 1 aromatic heterocycles. The van der Waals surface area contributed by atoms with Crippen molar-refractivity contribution >= 4 is 22.5 Å². The van der Waals surface area contributed by atoms with Gasteiger partial charge in [0.2, 0.25) is 5.91 Å². The lowest BCUT2D eigenvalue weighted by molar-refractivity contribution is -0.117. The van der Waals surface area contributed by atoms with E-state index in [0.29, 0.717) is 0 Å². The average Bonchev–Trinajstić information content (AvgIpc) is 2.27. The first kappa shape index (κ1) is 12.5. The second-order valence-electron chi connectivity index (χ2n) is 5.09. The third-order valence-corrected chi connectivity index (χ3v) is 2.52. The number of hydrogen-bond acceptors (Lipinski definition) is 3. The number of nitrogens with zero attached hydrogens (tertiary/aromatic N) is 1. The van der Waals surface area contributed by atoms with Crippen molar-refractivity contribution in [3.63, 3.8) is 0 Å². The van der Waals surface area contributed by atoms with Gasteiger partial charge in [-0.1, -0.05) is 18.2 Å². The van der Waals surface area contributed by atoms with Crippen molar-refractivity contribution < 1.29 is 4.79 Å². The number of carbonyl (C=O) groups excluding carboxylic acids is 1. The molecule has 1 heterocycles. The Morgan fingerprint density at radius 1 is 1.33 bits per heavy atom. The molecular weight excluding hydrogens is 226 g/mol. The van der Waals surface area contributed by atoms with Gasteiger partial charge < -0.3 is 11.1 Å². The Balaban J connectivity index is 2.24. The molecule has 3 N–H and O–H groups in total. The molecule has 0 fully saturated rings. The maximum atomic E-state index is 11.9. The molecule has 4 heteroatoms. The lowest BCUT2D eigenvalue weighted by Crippen LogP contribution is -2.36. The highest BCUT2D eigenvalue weighted by atomic mass is 16.1. The van der Waals surface area contributed by atoms with Crippen molar-refractivity contribution in [2.75, 3.05) is 5.32 Å². The van der Waals surface area contributed by atoms with E-state index in [1.165, 1.54) is 0 Å². The number of pyridine rings is 1. The Hall–Kier alpha value is -1.94. The Morgan fingerprint density at radius 3 is 2.78 bits per heavy atom. The molecule has 0 spiro atoms. The minimum Gasteiger partial charge on any atom is -0.325 e. The van der Waals surface area contributed by atoms with Gasteiger partial charge in [0.25, 0.3) is 0 Å². The highest BCUT2D eigenvalue weighted by Gasteiger charge is 2.17. The summed E-state index contributed by atoms with van der Waals surface area (Å²) in [5.41, 5.74) is 6.83. The van der Waals surface area contributed by atoms with Crippen LogP contribution in [0.25, 0.3) is 10.9 Å². The number of anilines is 1. The maximum Gasteiger partial charge on any atom is 0.226 e. The Kier molecular flexibility index (Phi) is 3.30. The van der Waals surface area contributed by atoms with E-state index in [1.54, 1.807) is 6.20 Å². The van der Waals surface area contributed by atoms with Gasteiger partial charge in [0.15, 0.2) is 0 Å². The monoisotopic (exact) mass is 243 g/mol. The third kappa shape index (κ3) is 3.05. The van der Waals surface area contributed by atoms with Gasteiger partial charge >= 0.3 is 0 Å². The van der Waals surface area contributed by atoms with Gasteiger partial charge in [-0.15, -0.1) is 0 Å². The number of nitrogens with one attached hydrogen (secondary N) is 1. The summed E-state index contributed by atoms with van der Waals surface area (Å²) in [6, 6.07) is 9.54. The standard InChI is InChI=1S/C14H17N3O/c1-14(2,15)9-12(18)17-11-7-3-5-10-6-4-8-16-13(10)11/h3-8H,9,15H2,1-2H3,(H,17,18). The zero-order valence-corrected chi connectivity index (χ0v) is 10.6. The molecule has 0 aliphatic carbocycles. The molecule has 94 valence electrons. The van der Waals surface area contributed by atoms with E-state index < -0.39 is 5.54 Å². The summed E-state index contributed by atoms with van der Waals surface area (Å²) in [7, 11) is 0. The zero-order valence-electron chi connectivity index (χ0n) is 10.6. The molecule has 0 saturated carbocycles. The number of hydrogen-bond donors (Lipinski definition) is 2. The molecule has 0 unspecified atom stereocenters. The van der Waals surface area contributed by atoms with Crippen LogP contribution in [0, 0.1) is 0 Å². The average molecular weight is 243 g/mol. The highest BCUT2D eigenvalue weighted by molar-refractivity contribution is 6.00. The summed E-state index contributed by atoms with van der Waals surface area (Å²) < 4.78 is 0. The number of amides is 1. The molecule has 2 rings (SSSR count). The van der Waals surface area contributed by atoms with Crippen LogP contribution in [0.4, 0.5) is 5.69 Å². The van der Waals surface area contributed by atoms with E-state index >= 15 is 0 Å². The van der Waals surface area contributed by atoms with Crippen LogP contribution in [0.2, 0.25) is 0 Å². The summed E-state index contributed by atoms with van der Waals surface area (Å²) in [5, 5.41) is 3.86. The van der Waals surface area contributed by atoms with E-state index in [2.05, 4.69) is 10.3 Å². The normalized spacial score (nSPS) is 11.5. The maximum absolute atomic E-state index is 11.9. The minimum atomic E-state index is -0.512. The van der Waals surface area contributed by atoms with Crippen LogP contribution in [-0.4, -0.2) is 16.4 Å². The zero-order chi connectivity index (χ0) is 13.2. The van der Waals surface area contributed by atoms with Crippen LogP contribution in [0.15, 0.2) is 36.5 Å². The predicted octanol–water partition coefficient (Wildman–Crippen LogP) is 2.30. The van der Waals surface area contributed by atoms with Gasteiger partial charge in [-0.3, -0.25) is 9.78 Å². The predicted molar refractivity (Wildman–Crippen MR) is 73.3 cm³/mol. The van der Waals surface area contributed by atoms with Crippen LogP contribution in [0.3, 0.4) is 0 Å². The Bertz CT molecular complexity index is 567. The Morgan fingerprint density at radius 2 is 2.06 bits per heavy atom. The van der Waals surface area contributed by atoms with Gasteiger partial charge in [-0.05, 0) is 26.0 Å². The van der Waals surface area contributed by atoms with Crippen molar-refractivity contribution in [3.05, 3.63) is 36.5 Å². The largest absolute Gasteiger partial charge is 0.325 e. The first-order valence-corrected chi connectivity index (χ1v) is 5.88. The molecule has 0 aliphatic heterocycles. The number of nitrogens with two attached hydrogens (primary N) is 1. The number of para-hydroxylation sites is 1. The van der Waals surface area contributed by atoms with Crippen molar-refractivity contribution in [2.45, 2.75) is 25.8 Å². The van der Waals surface area contributed by atoms with E-state index in [0.717, 1.165) is 16.6 Å². The molecule has 1 aromatic carbocycles. The fourth-order valence-corrected chi connectivity index (χ4v) is 1.81. The third-order valence-electron chi connectivity index (χ3n) is 2.52. The second kappa shape index (κ2) is 4.74. The number of rotatable bonds is 3. The number of benzene rings is 1. The smallest absolute Gasteiger partial charge is 0.226 e. The molecular formula is C14H17N3O. The first-order valence-electron chi connectivity index (χ1n) is 5.88. The Labute approximate surface area is 106 Å². The topological polar surface area (TPSA) is 68.0 Å². The van der Waals surface area contributed by atoms with Crippen LogP contribution < -0.4 is 11.1 Å². The van der Waals surface area contributed by atoms with Gasteiger partial charge in [-0.25, -0.2) is 0 Å². The van der Waals surface area contributed by atoms with Crippen molar-refractivity contribution in [1.82, 2.24) is 4.98 Å². The summed E-state index contributed by atoms with van der Waals surface area (Å²) in [5.74, 6) is -0.0966. The van der Waals surface area contributed by atoms with Crippen LogP contribution in [-0.2, 0) is 4.79 Å². The first-order chi connectivity index (χ1) is 8.46. The molecule has 0 atom stereocenters. The number of carbonyl (C=O) groups is 1. The number of fused-ring (bicyclic) bond motifs is 1. The SMILES string of the molecule is CC(C)(N)CC(=O)Nc1cccc2cccnc12. The molecule has 1 amide bonds. The van der Waals surface area contributed by atoms with E-state index in [1.807, 2.05) is 44.2 Å². The molecule has 0 aliphatic rings. The lowest BCUT2D eigenvalue weighted by Gasteiger charge is -2.17. The van der Waals surface area contributed by atoms with Crippen LogP contribution in [0.5, 0.6) is 0 Å². The molecule has 0 saturated heterocycles. The molecule has 0 radical (unpaired) electrons. The number of aromatic nitrogens is 1. The van der Waals surface area contributed by atoms with Gasteiger partial charge in [-0.2, -0.15) is 0 Å². The minimum absolute atomic E-state index is 0.0966.